The monoisotopic (exact) mass is 504 g/mol. The van der Waals surface area contributed by atoms with Crippen molar-refractivity contribution in [1.29, 1.82) is 0 Å². The number of thioether (sulfide) groups is 2. The highest BCUT2D eigenvalue weighted by Crippen LogP contribution is 2.45. The molecule has 8 nitrogen and oxygen atoms in total. The molecule has 2 aromatic rings. The fourth-order valence-electron chi connectivity index (χ4n) is 4.17. The van der Waals surface area contributed by atoms with Gasteiger partial charge in [0.05, 0.1) is 39.9 Å². The zero-order valence-electron chi connectivity index (χ0n) is 19.6. The van der Waals surface area contributed by atoms with Gasteiger partial charge >= 0.3 is 0 Å². The van der Waals surface area contributed by atoms with Gasteiger partial charge in [-0.3, -0.25) is 9.59 Å². The van der Waals surface area contributed by atoms with E-state index in [0.29, 0.717) is 47.6 Å². The largest absolute Gasteiger partial charge is 0.497 e. The predicted octanol–water partition coefficient (Wildman–Crippen LogP) is 3.57. The summed E-state index contributed by atoms with van der Waals surface area (Å²) in [7, 11) is 6.43. The fraction of sp³-hybridized carbons (Fsp3) is 0.417. The van der Waals surface area contributed by atoms with Crippen LogP contribution in [0, 0.1) is 0 Å². The lowest BCUT2D eigenvalue weighted by molar-refractivity contribution is -0.132. The second kappa shape index (κ2) is 10.7. The summed E-state index contributed by atoms with van der Waals surface area (Å²) in [5.74, 6) is 3.60. The first kappa shape index (κ1) is 24.4. The maximum atomic E-state index is 12.8. The van der Waals surface area contributed by atoms with Gasteiger partial charge in [-0.15, -0.1) is 23.5 Å². The number of carbonyl (C=O) groups excluding carboxylic acids is 2. The van der Waals surface area contributed by atoms with E-state index in [1.165, 1.54) is 0 Å². The van der Waals surface area contributed by atoms with Crippen LogP contribution in [0.3, 0.4) is 0 Å². The summed E-state index contributed by atoms with van der Waals surface area (Å²) in [4.78, 5) is 29.2. The van der Waals surface area contributed by atoms with E-state index in [1.807, 2.05) is 46.2 Å². The number of hydrogen-bond acceptors (Lipinski definition) is 8. The molecule has 0 unspecified atom stereocenters. The molecule has 4 rings (SSSR count). The number of hydrogen-bond donors (Lipinski definition) is 0. The number of nitrogens with zero attached hydrogens (tertiary/aromatic N) is 2. The number of benzene rings is 2. The number of rotatable bonds is 9. The molecular formula is C24H28N2O6S2. The average Bonchev–Trinajstić information content (AvgIpc) is 3.43. The van der Waals surface area contributed by atoms with Gasteiger partial charge in [-0.05, 0) is 24.3 Å². The first-order valence-electron chi connectivity index (χ1n) is 10.8. The third kappa shape index (κ3) is 4.74. The van der Waals surface area contributed by atoms with Gasteiger partial charge in [-0.1, -0.05) is 0 Å². The summed E-state index contributed by atoms with van der Waals surface area (Å²) in [5.41, 5.74) is 1.82. The molecule has 2 aromatic carbocycles. The Balaban J connectivity index is 1.54. The molecule has 182 valence electrons. The molecule has 34 heavy (non-hydrogen) atoms. The second-order valence-corrected chi connectivity index (χ2v) is 9.85. The van der Waals surface area contributed by atoms with Crippen molar-refractivity contribution in [2.24, 2.45) is 0 Å². The SMILES string of the molecule is COc1ccc([C@H]2SCC(=O)N2CCN2C(=O)CS[C@@H]2c2ccc(OC)cc2OC)c(OC)c1. The molecule has 2 aliphatic heterocycles. The van der Waals surface area contributed by atoms with Crippen LogP contribution in [-0.4, -0.2) is 74.6 Å². The summed E-state index contributed by atoms with van der Waals surface area (Å²) < 4.78 is 21.8. The standard InChI is InChI=1S/C24H28N2O6S2/c1-29-15-5-7-17(19(11-15)31-3)23-25(21(27)13-33-23)9-10-26-22(28)14-34-24(26)18-8-6-16(30-2)12-20(18)32-4/h5-8,11-12,23-24H,9-10,13-14H2,1-4H3/t23-,24-/m1/s1. The van der Waals surface area contributed by atoms with Gasteiger partial charge in [0.1, 0.15) is 33.7 Å². The highest BCUT2D eigenvalue weighted by atomic mass is 32.2. The number of carbonyl (C=O) groups is 2. The molecule has 0 bridgehead atoms. The van der Waals surface area contributed by atoms with Gasteiger partial charge in [-0.2, -0.15) is 0 Å². The summed E-state index contributed by atoms with van der Waals surface area (Å²) in [6.45, 7) is 0.847. The van der Waals surface area contributed by atoms with Crippen molar-refractivity contribution in [2.45, 2.75) is 10.7 Å². The maximum absolute atomic E-state index is 12.8. The number of ether oxygens (including phenoxy) is 4. The Morgan fingerprint density at radius 2 is 1.12 bits per heavy atom. The molecule has 0 saturated carbocycles. The van der Waals surface area contributed by atoms with Crippen molar-refractivity contribution >= 4 is 35.3 Å². The fourth-order valence-corrected chi connectivity index (χ4v) is 6.65. The van der Waals surface area contributed by atoms with Gasteiger partial charge in [0.2, 0.25) is 11.8 Å². The molecule has 2 saturated heterocycles. The average molecular weight is 505 g/mol. The minimum absolute atomic E-state index is 0.0470. The molecule has 0 spiro atoms. The highest BCUT2D eigenvalue weighted by molar-refractivity contribution is 8.00. The topological polar surface area (TPSA) is 77.5 Å². The van der Waals surface area contributed by atoms with E-state index in [2.05, 4.69) is 0 Å². The number of methoxy groups -OCH3 is 4. The lowest BCUT2D eigenvalue weighted by atomic mass is 10.1. The van der Waals surface area contributed by atoms with Crippen LogP contribution in [0.15, 0.2) is 36.4 Å². The van der Waals surface area contributed by atoms with Gasteiger partial charge < -0.3 is 28.7 Å². The Hall–Kier alpha value is -2.72. The third-order valence-electron chi connectivity index (χ3n) is 5.93. The van der Waals surface area contributed by atoms with Crippen LogP contribution in [0.1, 0.15) is 21.9 Å². The van der Waals surface area contributed by atoms with E-state index in [9.17, 15) is 9.59 Å². The molecule has 2 atom stereocenters. The Bertz CT molecular complexity index is 982. The molecule has 2 fully saturated rings. The van der Waals surface area contributed by atoms with Crippen molar-refractivity contribution in [3.8, 4) is 23.0 Å². The van der Waals surface area contributed by atoms with E-state index >= 15 is 0 Å². The van der Waals surface area contributed by atoms with Crippen molar-refractivity contribution in [3.05, 3.63) is 47.5 Å². The Kier molecular flexibility index (Phi) is 7.67. The van der Waals surface area contributed by atoms with Crippen LogP contribution >= 0.6 is 23.5 Å². The Morgan fingerprint density at radius 1 is 0.706 bits per heavy atom. The third-order valence-corrected chi connectivity index (χ3v) is 8.41. The van der Waals surface area contributed by atoms with E-state index in [1.54, 1.807) is 52.0 Å². The molecule has 2 amide bonds. The van der Waals surface area contributed by atoms with Gasteiger partial charge in [0.25, 0.3) is 0 Å². The summed E-state index contributed by atoms with van der Waals surface area (Å²) >= 11 is 3.12. The van der Waals surface area contributed by atoms with Gasteiger partial charge in [0, 0.05) is 36.3 Å². The van der Waals surface area contributed by atoms with E-state index in [4.69, 9.17) is 18.9 Å². The van der Waals surface area contributed by atoms with Crippen molar-refractivity contribution < 1.29 is 28.5 Å². The molecule has 10 heteroatoms. The minimum Gasteiger partial charge on any atom is -0.497 e. The van der Waals surface area contributed by atoms with E-state index < -0.39 is 0 Å². The lowest BCUT2D eigenvalue weighted by Gasteiger charge is -2.30. The summed E-state index contributed by atoms with van der Waals surface area (Å²) in [6, 6.07) is 11.2. The minimum atomic E-state index is -0.187. The van der Waals surface area contributed by atoms with E-state index in [-0.39, 0.29) is 22.6 Å². The Morgan fingerprint density at radius 3 is 1.47 bits per heavy atom. The summed E-state index contributed by atoms with van der Waals surface area (Å²) in [5, 5.41) is -0.375. The van der Waals surface area contributed by atoms with Crippen molar-refractivity contribution in [3.63, 3.8) is 0 Å². The molecular weight excluding hydrogens is 476 g/mol. The zero-order chi connectivity index (χ0) is 24.2. The van der Waals surface area contributed by atoms with Gasteiger partial charge in [-0.25, -0.2) is 0 Å². The molecule has 2 heterocycles. The van der Waals surface area contributed by atoms with Crippen LogP contribution in [0.2, 0.25) is 0 Å². The normalized spacial score (nSPS) is 20.1. The molecule has 2 aliphatic rings. The van der Waals surface area contributed by atoms with E-state index in [0.717, 1.165) is 11.1 Å². The van der Waals surface area contributed by atoms with Crippen LogP contribution in [0.25, 0.3) is 0 Å². The predicted molar refractivity (Wildman–Crippen MR) is 133 cm³/mol. The van der Waals surface area contributed by atoms with Gasteiger partial charge in [0.15, 0.2) is 0 Å². The van der Waals surface area contributed by atoms with Crippen molar-refractivity contribution in [1.82, 2.24) is 9.80 Å². The van der Waals surface area contributed by atoms with Crippen molar-refractivity contribution in [2.75, 3.05) is 53.0 Å². The molecule has 0 aromatic heterocycles. The lowest BCUT2D eigenvalue weighted by Crippen LogP contribution is -2.39. The van der Waals surface area contributed by atoms with Crippen LogP contribution < -0.4 is 18.9 Å². The zero-order valence-corrected chi connectivity index (χ0v) is 21.2. The Labute approximate surface area is 207 Å². The number of amides is 2. The molecule has 0 aliphatic carbocycles. The quantitative estimate of drug-likeness (QED) is 0.513. The van der Waals surface area contributed by atoms with Crippen LogP contribution in [0.4, 0.5) is 0 Å². The first-order chi connectivity index (χ1) is 16.5. The van der Waals surface area contributed by atoms with Crippen LogP contribution in [-0.2, 0) is 9.59 Å². The molecule has 0 N–H and O–H groups in total. The van der Waals surface area contributed by atoms with Crippen LogP contribution in [0.5, 0.6) is 23.0 Å². The maximum Gasteiger partial charge on any atom is 0.233 e. The second-order valence-electron chi connectivity index (χ2n) is 7.72. The summed E-state index contributed by atoms with van der Waals surface area (Å²) in [6.07, 6.45) is 0. The highest BCUT2D eigenvalue weighted by Gasteiger charge is 2.38. The molecule has 0 radical (unpaired) electrons. The first-order valence-corrected chi connectivity index (χ1v) is 12.9. The smallest absolute Gasteiger partial charge is 0.233 e.